The Morgan fingerprint density at radius 2 is 1.86 bits per heavy atom. The van der Waals surface area contributed by atoms with Crippen molar-refractivity contribution in [1.82, 2.24) is 4.57 Å². The normalized spacial score (nSPS) is 11.0. The third kappa shape index (κ3) is 2.67. The van der Waals surface area contributed by atoms with Crippen LogP contribution in [0.2, 0.25) is 10.0 Å². The predicted molar refractivity (Wildman–Crippen MR) is 85.7 cm³/mol. The highest BCUT2D eigenvalue weighted by atomic mass is 35.5. The molecule has 3 aromatic rings. The molecule has 0 saturated heterocycles. The molecule has 0 bridgehead atoms. The maximum Gasteiger partial charge on any atom is 0.200 e. The number of ether oxygens (including phenoxy) is 1. The van der Waals surface area contributed by atoms with Crippen LogP contribution in [0.5, 0.6) is 11.6 Å². The maximum absolute atomic E-state index is 10.3. The highest BCUT2D eigenvalue weighted by Gasteiger charge is 2.13. The minimum absolute atomic E-state index is 0.141. The zero-order chi connectivity index (χ0) is 15.0. The standard InChI is InChI=1S/C16H13Cl2NO2/c1-21-13-4-2-10(3-5-13)8-19-9-11-6-12(17)7-14(18)15(11)16(19)20/h2-7,9,20H,8H2,1H3. The summed E-state index contributed by atoms with van der Waals surface area (Å²) in [6, 6.07) is 11.1. The predicted octanol–water partition coefficient (Wildman–Crippen LogP) is 4.71. The molecule has 0 fully saturated rings. The first-order valence-corrected chi connectivity index (χ1v) is 7.14. The second-order valence-electron chi connectivity index (χ2n) is 4.78. The molecule has 1 aromatic heterocycles. The molecule has 0 atom stereocenters. The van der Waals surface area contributed by atoms with E-state index in [9.17, 15) is 5.11 Å². The van der Waals surface area contributed by atoms with Gasteiger partial charge in [0.1, 0.15) is 5.75 Å². The van der Waals surface area contributed by atoms with E-state index in [0.717, 1.165) is 16.7 Å². The van der Waals surface area contributed by atoms with Gasteiger partial charge in [0, 0.05) is 16.6 Å². The number of halogens is 2. The summed E-state index contributed by atoms with van der Waals surface area (Å²) in [5, 5.41) is 12.8. The van der Waals surface area contributed by atoms with Crippen molar-refractivity contribution in [2.75, 3.05) is 7.11 Å². The summed E-state index contributed by atoms with van der Waals surface area (Å²) in [5.74, 6) is 0.943. The van der Waals surface area contributed by atoms with Gasteiger partial charge in [0.2, 0.25) is 5.88 Å². The fourth-order valence-electron chi connectivity index (χ4n) is 2.35. The topological polar surface area (TPSA) is 34.4 Å². The summed E-state index contributed by atoms with van der Waals surface area (Å²) in [7, 11) is 1.63. The van der Waals surface area contributed by atoms with E-state index in [0.29, 0.717) is 22.0 Å². The number of hydrogen-bond donors (Lipinski definition) is 1. The van der Waals surface area contributed by atoms with E-state index in [-0.39, 0.29) is 5.88 Å². The van der Waals surface area contributed by atoms with Gasteiger partial charge in [0.15, 0.2) is 0 Å². The smallest absolute Gasteiger partial charge is 0.200 e. The summed E-state index contributed by atoms with van der Waals surface area (Å²) < 4.78 is 6.88. The number of methoxy groups -OCH3 is 1. The van der Waals surface area contributed by atoms with Gasteiger partial charge < -0.3 is 14.4 Å². The molecule has 3 rings (SSSR count). The summed E-state index contributed by atoms with van der Waals surface area (Å²) >= 11 is 12.1. The van der Waals surface area contributed by atoms with Gasteiger partial charge >= 0.3 is 0 Å². The Balaban J connectivity index is 2.00. The number of aromatic nitrogens is 1. The Bertz CT molecular complexity index is 794. The largest absolute Gasteiger partial charge is 0.497 e. The van der Waals surface area contributed by atoms with Crippen molar-refractivity contribution in [1.29, 1.82) is 0 Å². The monoisotopic (exact) mass is 321 g/mol. The molecule has 2 aromatic carbocycles. The molecule has 0 aliphatic carbocycles. The third-order valence-electron chi connectivity index (χ3n) is 3.39. The fraction of sp³-hybridized carbons (Fsp3) is 0.125. The van der Waals surface area contributed by atoms with Crippen LogP contribution in [0.4, 0.5) is 0 Å². The van der Waals surface area contributed by atoms with E-state index in [2.05, 4.69) is 0 Å². The Morgan fingerprint density at radius 3 is 2.52 bits per heavy atom. The Morgan fingerprint density at radius 1 is 1.14 bits per heavy atom. The number of benzene rings is 2. The molecular formula is C16H13Cl2NO2. The average molecular weight is 322 g/mol. The van der Waals surface area contributed by atoms with Gasteiger partial charge in [-0.3, -0.25) is 0 Å². The van der Waals surface area contributed by atoms with Crippen LogP contribution in [0.25, 0.3) is 10.8 Å². The summed E-state index contributed by atoms with van der Waals surface area (Å²) in [4.78, 5) is 0. The lowest BCUT2D eigenvalue weighted by Crippen LogP contribution is -1.97. The van der Waals surface area contributed by atoms with Gasteiger partial charge in [-0.15, -0.1) is 0 Å². The average Bonchev–Trinajstić information content (AvgIpc) is 2.76. The zero-order valence-corrected chi connectivity index (χ0v) is 12.8. The Labute approximate surface area is 132 Å². The van der Waals surface area contributed by atoms with Crippen LogP contribution >= 0.6 is 23.2 Å². The van der Waals surface area contributed by atoms with E-state index in [1.807, 2.05) is 30.5 Å². The van der Waals surface area contributed by atoms with Gasteiger partial charge in [-0.1, -0.05) is 35.3 Å². The number of nitrogens with zero attached hydrogens (tertiary/aromatic N) is 1. The van der Waals surface area contributed by atoms with Crippen LogP contribution in [0.15, 0.2) is 42.6 Å². The minimum Gasteiger partial charge on any atom is -0.497 e. The molecule has 3 nitrogen and oxygen atoms in total. The molecule has 0 spiro atoms. The van der Waals surface area contributed by atoms with Crippen molar-refractivity contribution < 1.29 is 9.84 Å². The highest BCUT2D eigenvalue weighted by Crippen LogP contribution is 2.36. The van der Waals surface area contributed by atoms with Crippen molar-refractivity contribution in [3.8, 4) is 11.6 Å². The summed E-state index contributed by atoms with van der Waals surface area (Å²) in [6.07, 6.45) is 1.84. The van der Waals surface area contributed by atoms with Gasteiger partial charge in [0.05, 0.1) is 24.1 Å². The number of hydrogen-bond acceptors (Lipinski definition) is 2. The van der Waals surface area contributed by atoms with E-state index in [1.165, 1.54) is 0 Å². The van der Waals surface area contributed by atoms with Crippen LogP contribution in [-0.4, -0.2) is 16.8 Å². The van der Waals surface area contributed by atoms with E-state index in [1.54, 1.807) is 23.8 Å². The summed E-state index contributed by atoms with van der Waals surface area (Å²) in [6.45, 7) is 0.540. The van der Waals surface area contributed by atoms with Crippen LogP contribution in [0.1, 0.15) is 5.56 Å². The molecule has 0 amide bonds. The molecule has 0 radical (unpaired) electrons. The van der Waals surface area contributed by atoms with Crippen LogP contribution in [-0.2, 0) is 6.54 Å². The van der Waals surface area contributed by atoms with E-state index < -0.39 is 0 Å². The highest BCUT2D eigenvalue weighted by molar-refractivity contribution is 6.39. The van der Waals surface area contributed by atoms with Crippen molar-refractivity contribution in [2.24, 2.45) is 0 Å². The Kier molecular flexibility index (Phi) is 3.70. The number of rotatable bonds is 3. The van der Waals surface area contributed by atoms with Crippen LogP contribution in [0, 0.1) is 0 Å². The quantitative estimate of drug-likeness (QED) is 0.758. The molecular weight excluding hydrogens is 309 g/mol. The summed E-state index contributed by atoms with van der Waals surface area (Å²) in [5.41, 5.74) is 1.05. The van der Waals surface area contributed by atoms with Gasteiger partial charge in [0.25, 0.3) is 0 Å². The van der Waals surface area contributed by atoms with Crippen LogP contribution < -0.4 is 4.74 Å². The second kappa shape index (κ2) is 5.51. The SMILES string of the molecule is COc1ccc(Cn2cc3cc(Cl)cc(Cl)c3c2O)cc1. The van der Waals surface area contributed by atoms with Crippen molar-refractivity contribution in [2.45, 2.75) is 6.54 Å². The van der Waals surface area contributed by atoms with Crippen molar-refractivity contribution >= 4 is 34.0 Å². The molecule has 1 heterocycles. The molecule has 0 saturated carbocycles. The van der Waals surface area contributed by atoms with Gasteiger partial charge in [-0.05, 0) is 29.8 Å². The van der Waals surface area contributed by atoms with Crippen LogP contribution in [0.3, 0.4) is 0 Å². The van der Waals surface area contributed by atoms with E-state index >= 15 is 0 Å². The maximum atomic E-state index is 10.3. The van der Waals surface area contributed by atoms with Gasteiger partial charge in [-0.2, -0.15) is 0 Å². The van der Waals surface area contributed by atoms with Gasteiger partial charge in [-0.25, -0.2) is 0 Å². The van der Waals surface area contributed by atoms with E-state index in [4.69, 9.17) is 27.9 Å². The lowest BCUT2D eigenvalue weighted by molar-refractivity contribution is 0.414. The minimum atomic E-state index is 0.141. The molecule has 5 heteroatoms. The molecule has 1 N–H and O–H groups in total. The molecule has 108 valence electrons. The van der Waals surface area contributed by atoms with Crippen molar-refractivity contribution in [3.63, 3.8) is 0 Å². The fourth-order valence-corrected chi connectivity index (χ4v) is 2.95. The first kappa shape index (κ1) is 14.1. The third-order valence-corrected chi connectivity index (χ3v) is 3.90. The number of aromatic hydroxyl groups is 1. The van der Waals surface area contributed by atoms with Crippen molar-refractivity contribution in [3.05, 3.63) is 58.2 Å². The molecule has 21 heavy (non-hydrogen) atoms. The number of fused-ring (bicyclic) bond motifs is 1. The zero-order valence-electron chi connectivity index (χ0n) is 11.3. The molecule has 0 aliphatic heterocycles. The Hall–Kier alpha value is -1.84. The second-order valence-corrected chi connectivity index (χ2v) is 5.62. The lowest BCUT2D eigenvalue weighted by atomic mass is 10.2. The molecule has 0 aliphatic rings. The first-order chi connectivity index (χ1) is 10.1. The first-order valence-electron chi connectivity index (χ1n) is 6.38. The lowest BCUT2D eigenvalue weighted by Gasteiger charge is -2.06. The molecule has 0 unspecified atom stereocenters.